The number of hydrogen-bond acceptors (Lipinski definition) is 3. The summed E-state index contributed by atoms with van der Waals surface area (Å²) in [6, 6.07) is 2.13. The van der Waals surface area contributed by atoms with E-state index < -0.39 is 29.7 Å². The maximum atomic E-state index is 13.5. The van der Waals surface area contributed by atoms with E-state index in [0.29, 0.717) is 26.9 Å². The molecule has 1 unspecified atom stereocenters. The van der Waals surface area contributed by atoms with Crippen LogP contribution in [-0.4, -0.2) is 14.1 Å². The first-order chi connectivity index (χ1) is 10.6. The third kappa shape index (κ3) is 3.03. The molecule has 0 spiro atoms. The second-order valence-corrected chi connectivity index (χ2v) is 5.39. The molecule has 0 aliphatic carbocycles. The molecular formula is C14H13ClF3N3O2. The Hall–Kier alpha value is -2.09. The van der Waals surface area contributed by atoms with Gasteiger partial charge in [0.2, 0.25) is 0 Å². The Balaban J connectivity index is 2.90. The summed E-state index contributed by atoms with van der Waals surface area (Å²) >= 11 is 5.90. The summed E-state index contributed by atoms with van der Waals surface area (Å²) in [7, 11) is 0. The smallest absolute Gasteiger partial charge is 0.269 e. The number of halogens is 4. The molecular weight excluding hydrogens is 335 g/mol. The van der Waals surface area contributed by atoms with E-state index in [1.807, 2.05) is 0 Å². The molecule has 0 aliphatic rings. The molecule has 0 saturated carbocycles. The van der Waals surface area contributed by atoms with Crippen molar-refractivity contribution in [3.05, 3.63) is 54.9 Å². The summed E-state index contributed by atoms with van der Waals surface area (Å²) in [6.07, 6.45) is -1.90. The van der Waals surface area contributed by atoms with Crippen molar-refractivity contribution in [3.8, 4) is 5.82 Å². The predicted octanol–water partition coefficient (Wildman–Crippen LogP) is 3.09. The first-order valence-electron chi connectivity index (χ1n) is 6.60. The molecule has 2 aromatic rings. The average molecular weight is 348 g/mol. The Kier molecular flexibility index (Phi) is 4.65. The summed E-state index contributed by atoms with van der Waals surface area (Å²) in [5, 5.41) is 0.308. The summed E-state index contributed by atoms with van der Waals surface area (Å²) in [5.41, 5.74) is -2.31. The minimum atomic E-state index is -3.30. The van der Waals surface area contributed by atoms with Crippen LogP contribution >= 0.6 is 11.6 Å². The molecule has 0 saturated heterocycles. The first-order valence-corrected chi connectivity index (χ1v) is 6.97. The Morgan fingerprint density at radius 1 is 1.17 bits per heavy atom. The van der Waals surface area contributed by atoms with Gasteiger partial charge in [0.05, 0.1) is 16.4 Å². The van der Waals surface area contributed by atoms with Gasteiger partial charge in [-0.15, -0.1) is 0 Å². The quantitative estimate of drug-likeness (QED) is 0.857. The number of hydrogen-bond donors (Lipinski definition) is 0. The molecule has 0 bridgehead atoms. The van der Waals surface area contributed by atoms with Gasteiger partial charge in [0.15, 0.2) is 0 Å². The topological polar surface area (TPSA) is 56.9 Å². The third-order valence-corrected chi connectivity index (χ3v) is 3.68. The van der Waals surface area contributed by atoms with Gasteiger partial charge in [-0.05, 0) is 32.4 Å². The SMILES string of the molecule is Cc1cc(Cl)c(C)nc1-n1c(=O)cc(C(C)F)n(C(F)F)c1=O. The molecule has 124 valence electrons. The highest BCUT2D eigenvalue weighted by atomic mass is 35.5. The Morgan fingerprint density at radius 2 is 1.78 bits per heavy atom. The lowest BCUT2D eigenvalue weighted by atomic mass is 10.2. The van der Waals surface area contributed by atoms with E-state index in [-0.39, 0.29) is 10.4 Å². The van der Waals surface area contributed by atoms with E-state index in [1.165, 1.54) is 13.0 Å². The number of rotatable bonds is 3. The molecule has 0 fully saturated rings. The van der Waals surface area contributed by atoms with Crippen molar-refractivity contribution in [2.45, 2.75) is 33.5 Å². The zero-order valence-corrected chi connectivity index (χ0v) is 13.2. The van der Waals surface area contributed by atoms with Gasteiger partial charge in [0.1, 0.15) is 12.0 Å². The lowest BCUT2D eigenvalue weighted by molar-refractivity contribution is 0.0561. The normalized spacial score (nSPS) is 12.7. The molecule has 2 aromatic heterocycles. The fourth-order valence-corrected chi connectivity index (χ4v) is 2.36. The fraction of sp³-hybridized carbons (Fsp3) is 0.357. The van der Waals surface area contributed by atoms with Gasteiger partial charge in [-0.2, -0.15) is 8.78 Å². The van der Waals surface area contributed by atoms with Crippen molar-refractivity contribution in [2.75, 3.05) is 0 Å². The molecule has 1 atom stereocenters. The van der Waals surface area contributed by atoms with Crippen LogP contribution in [0.5, 0.6) is 0 Å². The van der Waals surface area contributed by atoms with Crippen molar-refractivity contribution < 1.29 is 13.2 Å². The van der Waals surface area contributed by atoms with Crippen LogP contribution in [0.4, 0.5) is 13.2 Å². The van der Waals surface area contributed by atoms with Crippen LogP contribution in [0, 0.1) is 13.8 Å². The van der Waals surface area contributed by atoms with E-state index in [1.54, 1.807) is 6.92 Å². The molecule has 2 heterocycles. The van der Waals surface area contributed by atoms with E-state index in [2.05, 4.69) is 4.98 Å². The van der Waals surface area contributed by atoms with E-state index in [9.17, 15) is 22.8 Å². The molecule has 0 amide bonds. The summed E-state index contributed by atoms with van der Waals surface area (Å²) < 4.78 is 40.2. The van der Waals surface area contributed by atoms with Crippen molar-refractivity contribution in [1.82, 2.24) is 14.1 Å². The molecule has 2 rings (SSSR count). The molecule has 0 aliphatic heterocycles. The number of aryl methyl sites for hydroxylation is 2. The van der Waals surface area contributed by atoms with E-state index >= 15 is 0 Å². The standard InChI is InChI=1S/C14H13ClF3N3O2/c1-6-4-9(15)8(3)19-12(6)21-11(22)5-10(7(2)16)20(13(17)18)14(21)23/h4-5,7,13H,1-3H3. The van der Waals surface area contributed by atoms with Crippen LogP contribution in [0.1, 0.15) is 36.6 Å². The summed E-state index contributed by atoms with van der Waals surface area (Å²) in [4.78, 5) is 28.5. The lowest BCUT2D eigenvalue weighted by Crippen LogP contribution is -2.41. The maximum Gasteiger partial charge on any atom is 0.341 e. The molecule has 23 heavy (non-hydrogen) atoms. The fourth-order valence-electron chi connectivity index (χ4n) is 2.16. The molecule has 0 radical (unpaired) electrons. The molecule has 0 N–H and O–H groups in total. The number of nitrogens with zero attached hydrogens (tertiary/aromatic N) is 3. The van der Waals surface area contributed by atoms with Gasteiger partial charge in [0.25, 0.3) is 5.56 Å². The average Bonchev–Trinajstić information content (AvgIpc) is 2.42. The highest BCUT2D eigenvalue weighted by Gasteiger charge is 2.23. The van der Waals surface area contributed by atoms with E-state index in [4.69, 9.17) is 11.6 Å². The van der Waals surface area contributed by atoms with Crippen LogP contribution in [0.25, 0.3) is 5.82 Å². The van der Waals surface area contributed by atoms with Gasteiger partial charge in [-0.25, -0.2) is 23.3 Å². The molecule has 9 heteroatoms. The van der Waals surface area contributed by atoms with Crippen LogP contribution in [-0.2, 0) is 0 Å². The van der Waals surface area contributed by atoms with E-state index in [0.717, 1.165) is 6.92 Å². The molecule has 5 nitrogen and oxygen atoms in total. The Labute approximate surface area is 134 Å². The largest absolute Gasteiger partial charge is 0.341 e. The van der Waals surface area contributed by atoms with Gasteiger partial charge >= 0.3 is 12.2 Å². The lowest BCUT2D eigenvalue weighted by Gasteiger charge is -2.16. The van der Waals surface area contributed by atoms with Crippen LogP contribution in [0.2, 0.25) is 5.02 Å². The van der Waals surface area contributed by atoms with Crippen molar-refractivity contribution in [3.63, 3.8) is 0 Å². The zero-order valence-electron chi connectivity index (χ0n) is 12.5. The minimum absolute atomic E-state index is 0.0584. The van der Waals surface area contributed by atoms with Crippen LogP contribution < -0.4 is 11.2 Å². The van der Waals surface area contributed by atoms with Crippen molar-refractivity contribution in [2.24, 2.45) is 0 Å². The first kappa shape index (κ1) is 17.3. The maximum absolute atomic E-state index is 13.5. The van der Waals surface area contributed by atoms with Crippen molar-refractivity contribution in [1.29, 1.82) is 0 Å². The zero-order chi connectivity index (χ0) is 17.5. The predicted molar refractivity (Wildman–Crippen MR) is 79.4 cm³/mol. The van der Waals surface area contributed by atoms with Gasteiger partial charge < -0.3 is 0 Å². The third-order valence-electron chi connectivity index (χ3n) is 3.30. The number of aromatic nitrogens is 3. The summed E-state index contributed by atoms with van der Waals surface area (Å²) in [5.74, 6) is -0.116. The molecule has 0 aromatic carbocycles. The highest BCUT2D eigenvalue weighted by Crippen LogP contribution is 2.21. The highest BCUT2D eigenvalue weighted by molar-refractivity contribution is 6.31. The second-order valence-electron chi connectivity index (χ2n) is 4.99. The number of alkyl halides is 3. The second kappa shape index (κ2) is 6.19. The summed E-state index contributed by atoms with van der Waals surface area (Å²) in [6.45, 7) is 0.738. The number of pyridine rings is 1. The minimum Gasteiger partial charge on any atom is -0.269 e. The van der Waals surface area contributed by atoms with Gasteiger partial charge in [0, 0.05) is 6.07 Å². The van der Waals surface area contributed by atoms with Crippen molar-refractivity contribution >= 4 is 11.6 Å². The Morgan fingerprint density at radius 3 is 2.30 bits per heavy atom. The van der Waals surface area contributed by atoms with Crippen LogP contribution in [0.3, 0.4) is 0 Å². The monoisotopic (exact) mass is 347 g/mol. The van der Waals surface area contributed by atoms with Crippen LogP contribution in [0.15, 0.2) is 21.7 Å². The van der Waals surface area contributed by atoms with Gasteiger partial charge in [-0.1, -0.05) is 11.6 Å². The van der Waals surface area contributed by atoms with Gasteiger partial charge in [-0.3, -0.25) is 4.79 Å². The Bertz CT molecular complexity index is 875.